The SMILES string of the molecule is CCOCc1nc(CO)c(-c2ccccc2)n1CC(C)(C)O. The van der Waals surface area contributed by atoms with Crippen molar-refractivity contribution in [2.75, 3.05) is 6.61 Å². The van der Waals surface area contributed by atoms with Gasteiger partial charge in [-0.15, -0.1) is 0 Å². The highest BCUT2D eigenvalue weighted by Gasteiger charge is 2.23. The lowest BCUT2D eigenvalue weighted by atomic mass is 10.1. The van der Waals surface area contributed by atoms with Crippen molar-refractivity contribution < 1.29 is 14.9 Å². The van der Waals surface area contributed by atoms with E-state index in [1.54, 1.807) is 13.8 Å². The highest BCUT2D eigenvalue weighted by molar-refractivity contribution is 5.63. The third-order valence-electron chi connectivity index (χ3n) is 3.30. The fraction of sp³-hybridized carbons (Fsp3) is 0.471. The van der Waals surface area contributed by atoms with E-state index in [1.807, 2.05) is 41.8 Å². The Morgan fingerprint density at radius 3 is 2.45 bits per heavy atom. The van der Waals surface area contributed by atoms with Crippen molar-refractivity contribution in [1.29, 1.82) is 0 Å². The van der Waals surface area contributed by atoms with Crippen LogP contribution in [0.25, 0.3) is 11.3 Å². The Hall–Kier alpha value is -1.69. The fourth-order valence-electron chi connectivity index (χ4n) is 2.44. The Morgan fingerprint density at radius 2 is 1.91 bits per heavy atom. The standard InChI is InChI=1S/C17H24N2O3/c1-4-22-11-15-18-14(10-20)16(13-8-6-5-7-9-13)19(15)12-17(2,3)21/h5-9,20-21H,4,10-12H2,1-3H3. The van der Waals surface area contributed by atoms with Gasteiger partial charge in [0.25, 0.3) is 0 Å². The van der Waals surface area contributed by atoms with Crippen molar-refractivity contribution >= 4 is 0 Å². The molecule has 0 aliphatic rings. The number of aliphatic hydroxyl groups excluding tert-OH is 1. The Balaban J connectivity index is 2.55. The lowest BCUT2D eigenvalue weighted by Crippen LogP contribution is -2.27. The number of aromatic nitrogens is 2. The van der Waals surface area contributed by atoms with Crippen LogP contribution in [0.4, 0.5) is 0 Å². The second-order valence-electron chi connectivity index (χ2n) is 5.88. The van der Waals surface area contributed by atoms with E-state index in [0.717, 1.165) is 11.3 Å². The third kappa shape index (κ3) is 3.94. The second kappa shape index (κ2) is 7.05. The number of benzene rings is 1. The first-order valence-corrected chi connectivity index (χ1v) is 7.51. The largest absolute Gasteiger partial charge is 0.390 e. The molecule has 1 heterocycles. The first kappa shape index (κ1) is 16.7. The van der Waals surface area contributed by atoms with Crippen molar-refractivity contribution in [1.82, 2.24) is 9.55 Å². The van der Waals surface area contributed by atoms with Gasteiger partial charge in [-0.1, -0.05) is 30.3 Å². The topological polar surface area (TPSA) is 67.5 Å². The summed E-state index contributed by atoms with van der Waals surface area (Å²) in [6, 6.07) is 9.78. The summed E-state index contributed by atoms with van der Waals surface area (Å²) in [6.45, 7) is 6.61. The predicted octanol–water partition coefficient (Wildman–Crippen LogP) is 2.35. The molecular weight excluding hydrogens is 280 g/mol. The molecule has 1 aromatic heterocycles. The number of ether oxygens (including phenoxy) is 1. The summed E-state index contributed by atoms with van der Waals surface area (Å²) in [5, 5.41) is 19.9. The number of imidazole rings is 1. The molecule has 0 radical (unpaired) electrons. The van der Waals surface area contributed by atoms with Crippen LogP contribution in [0.1, 0.15) is 32.3 Å². The van der Waals surface area contributed by atoms with Crippen LogP contribution in [-0.4, -0.2) is 32.0 Å². The summed E-state index contributed by atoms with van der Waals surface area (Å²) in [7, 11) is 0. The van der Waals surface area contributed by atoms with E-state index in [1.165, 1.54) is 0 Å². The smallest absolute Gasteiger partial charge is 0.135 e. The summed E-state index contributed by atoms with van der Waals surface area (Å²) < 4.78 is 7.42. The van der Waals surface area contributed by atoms with E-state index in [9.17, 15) is 10.2 Å². The molecule has 0 amide bonds. The molecule has 0 saturated carbocycles. The average Bonchev–Trinajstić information content (AvgIpc) is 2.81. The van der Waals surface area contributed by atoms with Crippen LogP contribution < -0.4 is 0 Å². The molecule has 2 N–H and O–H groups in total. The Kier molecular flexibility index (Phi) is 5.34. The number of nitrogens with zero attached hydrogens (tertiary/aromatic N) is 2. The zero-order valence-electron chi connectivity index (χ0n) is 13.4. The third-order valence-corrected chi connectivity index (χ3v) is 3.30. The Bertz CT molecular complexity index is 600. The van der Waals surface area contributed by atoms with E-state index in [4.69, 9.17) is 4.74 Å². The summed E-state index contributed by atoms with van der Waals surface area (Å²) >= 11 is 0. The van der Waals surface area contributed by atoms with Crippen LogP contribution in [-0.2, 0) is 24.5 Å². The van der Waals surface area contributed by atoms with Gasteiger partial charge in [-0.3, -0.25) is 0 Å². The molecule has 120 valence electrons. The van der Waals surface area contributed by atoms with Crippen molar-refractivity contribution in [3.05, 3.63) is 41.9 Å². The van der Waals surface area contributed by atoms with Crippen LogP contribution in [0.2, 0.25) is 0 Å². The monoisotopic (exact) mass is 304 g/mol. The summed E-state index contributed by atoms with van der Waals surface area (Å²) in [5.74, 6) is 0.715. The van der Waals surface area contributed by atoms with Gasteiger partial charge < -0.3 is 19.5 Å². The molecule has 22 heavy (non-hydrogen) atoms. The molecular formula is C17H24N2O3. The molecule has 0 unspecified atom stereocenters. The molecule has 0 saturated heterocycles. The van der Waals surface area contributed by atoms with Crippen molar-refractivity contribution in [3.63, 3.8) is 0 Å². The van der Waals surface area contributed by atoms with E-state index in [2.05, 4.69) is 4.98 Å². The molecule has 5 nitrogen and oxygen atoms in total. The molecule has 5 heteroatoms. The van der Waals surface area contributed by atoms with Gasteiger partial charge in [0.1, 0.15) is 12.4 Å². The fourth-order valence-corrected chi connectivity index (χ4v) is 2.44. The molecule has 2 aromatic rings. The minimum Gasteiger partial charge on any atom is -0.390 e. The van der Waals surface area contributed by atoms with Gasteiger partial charge in [-0.2, -0.15) is 0 Å². The quantitative estimate of drug-likeness (QED) is 0.824. The van der Waals surface area contributed by atoms with E-state index in [-0.39, 0.29) is 6.61 Å². The second-order valence-corrected chi connectivity index (χ2v) is 5.88. The van der Waals surface area contributed by atoms with Crippen molar-refractivity contribution in [2.45, 2.75) is 46.1 Å². The molecule has 0 aliphatic heterocycles. The van der Waals surface area contributed by atoms with Crippen molar-refractivity contribution in [3.8, 4) is 11.3 Å². The summed E-state index contributed by atoms with van der Waals surface area (Å²) in [5.41, 5.74) is 1.51. The number of hydrogen-bond donors (Lipinski definition) is 2. The van der Waals surface area contributed by atoms with Gasteiger partial charge in [-0.25, -0.2) is 4.98 Å². The van der Waals surface area contributed by atoms with Gasteiger partial charge in [0.05, 0.1) is 30.1 Å². The van der Waals surface area contributed by atoms with E-state index in [0.29, 0.717) is 31.3 Å². The van der Waals surface area contributed by atoms with Gasteiger partial charge >= 0.3 is 0 Å². The molecule has 0 bridgehead atoms. The minimum absolute atomic E-state index is 0.151. The summed E-state index contributed by atoms with van der Waals surface area (Å²) in [4.78, 5) is 4.50. The first-order chi connectivity index (χ1) is 10.5. The molecule has 1 aromatic carbocycles. The zero-order chi connectivity index (χ0) is 16.2. The highest BCUT2D eigenvalue weighted by Crippen LogP contribution is 2.27. The summed E-state index contributed by atoms with van der Waals surface area (Å²) in [6.07, 6.45) is 0. The minimum atomic E-state index is -0.891. The predicted molar refractivity (Wildman–Crippen MR) is 85.2 cm³/mol. The van der Waals surface area contributed by atoms with Crippen LogP contribution >= 0.6 is 0 Å². The Labute approximate surface area is 131 Å². The normalized spacial score (nSPS) is 11.9. The van der Waals surface area contributed by atoms with Gasteiger partial charge in [0.15, 0.2) is 0 Å². The van der Waals surface area contributed by atoms with E-state index < -0.39 is 5.60 Å². The van der Waals surface area contributed by atoms with E-state index >= 15 is 0 Å². The Morgan fingerprint density at radius 1 is 1.23 bits per heavy atom. The van der Waals surface area contributed by atoms with Crippen LogP contribution in [0.15, 0.2) is 30.3 Å². The van der Waals surface area contributed by atoms with Crippen LogP contribution in [0.3, 0.4) is 0 Å². The molecule has 0 atom stereocenters. The van der Waals surface area contributed by atoms with Gasteiger partial charge in [-0.05, 0) is 20.8 Å². The van der Waals surface area contributed by atoms with Crippen LogP contribution in [0, 0.1) is 0 Å². The maximum absolute atomic E-state index is 10.2. The first-order valence-electron chi connectivity index (χ1n) is 7.51. The highest BCUT2D eigenvalue weighted by atomic mass is 16.5. The van der Waals surface area contributed by atoms with Crippen LogP contribution in [0.5, 0.6) is 0 Å². The molecule has 0 aliphatic carbocycles. The molecule has 2 rings (SSSR count). The number of aliphatic hydroxyl groups is 2. The maximum atomic E-state index is 10.2. The molecule has 0 fully saturated rings. The lowest BCUT2D eigenvalue weighted by molar-refractivity contribution is 0.0574. The maximum Gasteiger partial charge on any atom is 0.135 e. The molecule has 0 spiro atoms. The van der Waals surface area contributed by atoms with Gasteiger partial charge in [0.2, 0.25) is 0 Å². The lowest BCUT2D eigenvalue weighted by Gasteiger charge is -2.22. The number of hydrogen-bond acceptors (Lipinski definition) is 4. The number of rotatable bonds is 7. The van der Waals surface area contributed by atoms with Crippen molar-refractivity contribution in [2.24, 2.45) is 0 Å². The zero-order valence-corrected chi connectivity index (χ0v) is 13.4. The van der Waals surface area contributed by atoms with Gasteiger partial charge in [0, 0.05) is 12.2 Å². The average molecular weight is 304 g/mol.